The number of halogens is 1. The average molecular weight is 469 g/mol. The van der Waals surface area contributed by atoms with Crippen molar-refractivity contribution in [1.82, 2.24) is 0 Å². The number of nitrogens with zero attached hydrogens (tertiary/aromatic N) is 1. The number of aliphatic imine (C=N–C) groups is 1. The van der Waals surface area contributed by atoms with Gasteiger partial charge in [0.2, 0.25) is 16.9 Å². The molecule has 0 bridgehead atoms. The van der Waals surface area contributed by atoms with Gasteiger partial charge in [0.25, 0.3) is 5.78 Å². The topological polar surface area (TPSA) is 108 Å². The molecule has 0 saturated carbocycles. The summed E-state index contributed by atoms with van der Waals surface area (Å²) in [5.74, 6) is -1.40. The van der Waals surface area contributed by atoms with Gasteiger partial charge in [-0.25, -0.2) is 9.18 Å². The van der Waals surface area contributed by atoms with E-state index < -0.39 is 17.3 Å². The van der Waals surface area contributed by atoms with Crippen molar-refractivity contribution in [3.8, 4) is 5.75 Å². The Bertz CT molecular complexity index is 1220. The fraction of sp³-hybridized carbons (Fsp3) is 0.280. The second-order valence-corrected chi connectivity index (χ2v) is 7.23. The molecular weight excluding hydrogens is 445 g/mol. The number of unbranched alkanes of at least 4 members (excludes halogenated alkanes) is 1. The van der Waals surface area contributed by atoms with Crippen LogP contribution in [0, 0.1) is 5.82 Å². The van der Waals surface area contributed by atoms with Gasteiger partial charge in [0.15, 0.2) is 5.76 Å². The minimum Gasteiger partial charge on any atom is -0.486 e. The lowest BCUT2D eigenvalue weighted by Crippen LogP contribution is -2.16. The van der Waals surface area contributed by atoms with Gasteiger partial charge in [-0.3, -0.25) is 9.59 Å². The first kappa shape index (κ1) is 24.6. The Balaban J connectivity index is 1.90. The molecule has 2 aromatic heterocycles. The molecule has 0 aliphatic rings. The van der Waals surface area contributed by atoms with Gasteiger partial charge in [0, 0.05) is 12.5 Å². The van der Waals surface area contributed by atoms with Crippen LogP contribution in [-0.2, 0) is 11.2 Å². The van der Waals surface area contributed by atoms with Crippen LogP contribution in [-0.4, -0.2) is 31.3 Å². The Morgan fingerprint density at radius 3 is 2.56 bits per heavy atom. The van der Waals surface area contributed by atoms with Gasteiger partial charge in [0.1, 0.15) is 17.3 Å². The van der Waals surface area contributed by atoms with Crippen LogP contribution < -0.4 is 10.2 Å². The van der Waals surface area contributed by atoms with Crippen LogP contribution in [0.25, 0.3) is 0 Å². The molecule has 0 spiro atoms. The number of rotatable bonds is 10. The molecule has 9 heteroatoms. The summed E-state index contributed by atoms with van der Waals surface area (Å²) in [6.45, 7) is 3.93. The number of ether oxygens (including phenoxy) is 2. The number of carbonyl (C=O) groups excluding carboxylic acids is 2. The number of ketones is 1. The zero-order valence-corrected chi connectivity index (χ0v) is 18.8. The summed E-state index contributed by atoms with van der Waals surface area (Å²) in [4.78, 5) is 40.8. The van der Waals surface area contributed by atoms with Crippen LogP contribution in [0.5, 0.6) is 5.75 Å². The van der Waals surface area contributed by atoms with Crippen LogP contribution >= 0.6 is 0 Å². The molecule has 2 heterocycles. The summed E-state index contributed by atoms with van der Waals surface area (Å²) in [7, 11) is 0. The van der Waals surface area contributed by atoms with Crippen molar-refractivity contribution < 1.29 is 32.3 Å². The normalized spacial score (nSPS) is 11.0. The maximum absolute atomic E-state index is 13.2. The lowest BCUT2D eigenvalue weighted by atomic mass is 10.1. The van der Waals surface area contributed by atoms with Gasteiger partial charge in [0.05, 0.1) is 19.4 Å². The predicted octanol–water partition coefficient (Wildman–Crippen LogP) is 4.95. The van der Waals surface area contributed by atoms with E-state index >= 15 is 0 Å². The van der Waals surface area contributed by atoms with Crippen LogP contribution in [0.2, 0.25) is 0 Å². The number of hydrogen-bond donors (Lipinski definition) is 0. The highest BCUT2D eigenvalue weighted by molar-refractivity contribution is 6.07. The average Bonchev–Trinajstić information content (AvgIpc) is 3.28. The summed E-state index contributed by atoms with van der Waals surface area (Å²) >= 11 is 0. The Morgan fingerprint density at radius 2 is 1.85 bits per heavy atom. The van der Waals surface area contributed by atoms with Gasteiger partial charge in [-0.1, -0.05) is 25.5 Å². The highest BCUT2D eigenvalue weighted by Crippen LogP contribution is 2.22. The maximum atomic E-state index is 13.2. The van der Waals surface area contributed by atoms with Gasteiger partial charge < -0.3 is 18.3 Å². The standard InChI is InChI=1S/C25H24FNO7/c1-3-5-12-32-23-20(28)14-19(15-27-25(30)31-4-2)34-24(23)22(29)21-11-10-18(33-21)13-16-6-8-17(26)9-7-16/h6-11,14-15H,3-5,12-13H2,1-2H3. The number of furan rings is 1. The van der Waals surface area contributed by atoms with E-state index in [2.05, 4.69) is 4.99 Å². The van der Waals surface area contributed by atoms with E-state index in [1.807, 2.05) is 6.92 Å². The summed E-state index contributed by atoms with van der Waals surface area (Å²) < 4.78 is 34.6. The molecule has 0 radical (unpaired) electrons. The molecule has 0 atom stereocenters. The lowest BCUT2D eigenvalue weighted by molar-refractivity contribution is 0.0971. The molecule has 3 rings (SSSR count). The minimum atomic E-state index is -0.863. The van der Waals surface area contributed by atoms with Crippen molar-refractivity contribution in [1.29, 1.82) is 0 Å². The van der Waals surface area contributed by atoms with Crippen LogP contribution in [0.3, 0.4) is 0 Å². The number of amides is 1. The monoisotopic (exact) mass is 469 g/mol. The number of carbonyl (C=O) groups is 2. The van der Waals surface area contributed by atoms with Crippen molar-refractivity contribution >= 4 is 18.1 Å². The molecule has 0 fully saturated rings. The molecular formula is C25H24FNO7. The number of benzene rings is 1. The van der Waals surface area contributed by atoms with Gasteiger partial charge in [-0.15, -0.1) is 0 Å². The zero-order valence-electron chi connectivity index (χ0n) is 18.8. The quantitative estimate of drug-likeness (QED) is 0.235. The molecule has 1 aromatic carbocycles. The smallest absolute Gasteiger partial charge is 0.433 e. The summed E-state index contributed by atoms with van der Waals surface area (Å²) in [5.41, 5.74) is 0.191. The third kappa shape index (κ3) is 6.50. The van der Waals surface area contributed by atoms with Crippen molar-refractivity contribution in [3.63, 3.8) is 0 Å². The SMILES string of the molecule is CCCCOc1c(C(=O)c2ccc(Cc3ccc(F)cc3)o2)oc(C=NC(=O)OCC)cc1=O. The minimum absolute atomic E-state index is 0.0694. The molecule has 0 saturated heterocycles. The Labute approximate surface area is 195 Å². The van der Waals surface area contributed by atoms with E-state index in [1.54, 1.807) is 25.1 Å². The Hall–Kier alpha value is -4.01. The summed E-state index contributed by atoms with van der Waals surface area (Å²) in [5, 5.41) is 0. The Morgan fingerprint density at radius 1 is 1.09 bits per heavy atom. The van der Waals surface area contributed by atoms with E-state index in [4.69, 9.17) is 18.3 Å². The van der Waals surface area contributed by atoms with Crippen molar-refractivity contribution in [3.05, 3.63) is 87.1 Å². The molecule has 178 valence electrons. The second kappa shape index (κ2) is 11.7. The number of hydrogen-bond acceptors (Lipinski definition) is 7. The van der Waals surface area contributed by atoms with Crippen LogP contribution in [0.4, 0.5) is 9.18 Å². The second-order valence-electron chi connectivity index (χ2n) is 7.23. The first-order valence-corrected chi connectivity index (χ1v) is 10.8. The predicted molar refractivity (Wildman–Crippen MR) is 121 cm³/mol. The van der Waals surface area contributed by atoms with Gasteiger partial charge in [-0.05, 0) is 43.2 Å². The lowest BCUT2D eigenvalue weighted by Gasteiger charge is -2.09. The highest BCUT2D eigenvalue weighted by atomic mass is 19.1. The summed E-state index contributed by atoms with van der Waals surface area (Å²) in [6.07, 6.45) is 1.96. The van der Waals surface area contributed by atoms with Crippen LogP contribution in [0.15, 0.2) is 61.1 Å². The fourth-order valence-corrected chi connectivity index (χ4v) is 2.96. The molecule has 8 nitrogen and oxygen atoms in total. The third-order valence-corrected chi connectivity index (χ3v) is 4.62. The highest BCUT2D eigenvalue weighted by Gasteiger charge is 2.25. The first-order valence-electron chi connectivity index (χ1n) is 10.8. The van der Waals surface area contributed by atoms with Gasteiger partial charge in [-0.2, -0.15) is 4.99 Å². The van der Waals surface area contributed by atoms with Crippen molar-refractivity contribution in [2.24, 2.45) is 4.99 Å². The van der Waals surface area contributed by atoms with Gasteiger partial charge >= 0.3 is 6.09 Å². The third-order valence-electron chi connectivity index (χ3n) is 4.62. The molecule has 0 aliphatic heterocycles. The van der Waals surface area contributed by atoms with E-state index in [9.17, 15) is 18.8 Å². The summed E-state index contributed by atoms with van der Waals surface area (Å²) in [6, 6.07) is 10.0. The fourth-order valence-electron chi connectivity index (χ4n) is 2.96. The molecule has 0 N–H and O–H groups in total. The molecule has 0 unspecified atom stereocenters. The van der Waals surface area contributed by atoms with Crippen molar-refractivity contribution in [2.75, 3.05) is 13.2 Å². The van der Waals surface area contributed by atoms with E-state index in [0.717, 1.165) is 24.3 Å². The molecule has 3 aromatic rings. The van der Waals surface area contributed by atoms with Crippen LogP contribution in [0.1, 0.15) is 60.1 Å². The zero-order chi connectivity index (χ0) is 24.5. The van der Waals surface area contributed by atoms with E-state index in [0.29, 0.717) is 18.6 Å². The molecule has 1 amide bonds. The van der Waals surface area contributed by atoms with E-state index in [1.165, 1.54) is 18.2 Å². The first-order chi connectivity index (χ1) is 16.4. The van der Waals surface area contributed by atoms with Crippen molar-refractivity contribution in [2.45, 2.75) is 33.1 Å². The largest absolute Gasteiger partial charge is 0.486 e. The van der Waals surface area contributed by atoms with E-state index in [-0.39, 0.29) is 42.1 Å². The Kier molecular flexibility index (Phi) is 8.50. The molecule has 0 aliphatic carbocycles. The maximum Gasteiger partial charge on any atom is 0.433 e. The molecule has 34 heavy (non-hydrogen) atoms.